The summed E-state index contributed by atoms with van der Waals surface area (Å²) in [5.74, 6) is -0.488. The van der Waals surface area contributed by atoms with Crippen molar-refractivity contribution < 1.29 is 23.9 Å². The second-order valence-electron chi connectivity index (χ2n) is 8.28. The zero-order chi connectivity index (χ0) is 22.7. The summed E-state index contributed by atoms with van der Waals surface area (Å²) in [5.41, 5.74) is 2.45. The zero-order valence-corrected chi connectivity index (χ0v) is 19.2. The number of fused-ring (bicyclic) bond motifs is 1. The van der Waals surface area contributed by atoms with Crippen LogP contribution in [0.5, 0.6) is 0 Å². The average molecular weight is 435 g/mol. The molecule has 9 heteroatoms. The van der Waals surface area contributed by atoms with E-state index in [2.05, 4.69) is 4.57 Å². The summed E-state index contributed by atoms with van der Waals surface area (Å²) in [4.78, 5) is 44.4. The number of hydrogen-bond donors (Lipinski definition) is 0. The first-order valence-corrected chi connectivity index (χ1v) is 10.9. The summed E-state index contributed by atoms with van der Waals surface area (Å²) in [6.07, 6.45) is 0.849. The molecule has 0 N–H and O–H groups in total. The van der Waals surface area contributed by atoms with E-state index >= 15 is 0 Å². The highest BCUT2D eigenvalue weighted by atomic mass is 16.5. The minimum Gasteiger partial charge on any atom is -0.385 e. The predicted molar refractivity (Wildman–Crippen MR) is 115 cm³/mol. The third-order valence-electron chi connectivity index (χ3n) is 6.42. The maximum atomic E-state index is 13.5. The van der Waals surface area contributed by atoms with Gasteiger partial charge in [-0.2, -0.15) is 0 Å². The molecule has 3 amide bonds. The molecule has 0 aliphatic carbocycles. The van der Waals surface area contributed by atoms with Gasteiger partial charge in [-0.05, 0) is 33.3 Å². The second-order valence-corrected chi connectivity index (χ2v) is 8.28. The van der Waals surface area contributed by atoms with Crippen molar-refractivity contribution >= 4 is 17.7 Å². The number of nitrogens with zero attached hydrogens (tertiary/aromatic N) is 4. The van der Waals surface area contributed by atoms with Crippen LogP contribution in [-0.4, -0.2) is 103 Å². The first-order chi connectivity index (χ1) is 14.8. The van der Waals surface area contributed by atoms with Gasteiger partial charge in [0.15, 0.2) is 0 Å². The quantitative estimate of drug-likeness (QED) is 0.562. The van der Waals surface area contributed by atoms with E-state index in [9.17, 15) is 14.4 Å². The van der Waals surface area contributed by atoms with Crippen LogP contribution < -0.4 is 0 Å². The van der Waals surface area contributed by atoms with Crippen molar-refractivity contribution in [2.45, 2.75) is 45.8 Å². The summed E-state index contributed by atoms with van der Waals surface area (Å²) in [7, 11) is 3.27. The van der Waals surface area contributed by atoms with Gasteiger partial charge in [0, 0.05) is 58.4 Å². The van der Waals surface area contributed by atoms with Crippen molar-refractivity contribution in [2.75, 3.05) is 53.6 Å². The molecule has 0 radical (unpaired) electrons. The van der Waals surface area contributed by atoms with Crippen LogP contribution in [0.3, 0.4) is 0 Å². The molecule has 9 nitrogen and oxygen atoms in total. The van der Waals surface area contributed by atoms with Crippen molar-refractivity contribution in [3.05, 3.63) is 23.0 Å². The van der Waals surface area contributed by atoms with E-state index in [1.165, 1.54) is 0 Å². The Kier molecular flexibility index (Phi) is 7.38. The molecule has 2 atom stereocenters. The van der Waals surface area contributed by atoms with Crippen LogP contribution in [0.1, 0.15) is 35.1 Å². The van der Waals surface area contributed by atoms with Crippen LogP contribution in [-0.2, 0) is 25.6 Å². The molecule has 31 heavy (non-hydrogen) atoms. The number of ether oxygens (including phenoxy) is 2. The largest absolute Gasteiger partial charge is 0.385 e. The summed E-state index contributed by atoms with van der Waals surface area (Å²) in [6, 6.07) is 0.642. The molecule has 0 bridgehead atoms. The second kappa shape index (κ2) is 9.82. The molecule has 0 unspecified atom stereocenters. The Morgan fingerprint density at radius 2 is 1.77 bits per heavy atom. The Hall–Kier alpha value is -2.39. The van der Waals surface area contributed by atoms with Gasteiger partial charge in [-0.1, -0.05) is 0 Å². The van der Waals surface area contributed by atoms with Gasteiger partial charge in [0.1, 0.15) is 12.1 Å². The predicted octanol–water partition coefficient (Wildman–Crippen LogP) is 0.672. The summed E-state index contributed by atoms with van der Waals surface area (Å²) < 4.78 is 12.3. The minimum atomic E-state index is -0.636. The van der Waals surface area contributed by atoms with E-state index in [1.807, 2.05) is 19.9 Å². The average Bonchev–Trinajstić information content (AvgIpc) is 3.04. The third kappa shape index (κ3) is 4.48. The number of piperazine rings is 2. The van der Waals surface area contributed by atoms with Crippen LogP contribution in [0.4, 0.5) is 0 Å². The Morgan fingerprint density at radius 1 is 1.06 bits per heavy atom. The number of hydrogen-bond acceptors (Lipinski definition) is 5. The van der Waals surface area contributed by atoms with Crippen molar-refractivity contribution in [3.8, 4) is 0 Å². The summed E-state index contributed by atoms with van der Waals surface area (Å²) in [5, 5.41) is 0. The number of carbonyl (C=O) groups is 3. The van der Waals surface area contributed by atoms with E-state index in [-0.39, 0.29) is 24.3 Å². The van der Waals surface area contributed by atoms with Crippen molar-refractivity contribution in [1.82, 2.24) is 19.3 Å². The van der Waals surface area contributed by atoms with Crippen LogP contribution in [0.25, 0.3) is 0 Å². The minimum absolute atomic E-state index is 0.119. The SMILES string of the molecule is COCCCn1c(C)cc(C(=O)N2C[C@H]3C(=O)N(CCOC)CCN3C(=O)[C@@H]2C)c1C. The van der Waals surface area contributed by atoms with E-state index in [0.717, 1.165) is 24.4 Å². The number of carbonyl (C=O) groups excluding carboxylic acids is 3. The van der Waals surface area contributed by atoms with Crippen LogP contribution in [0.2, 0.25) is 0 Å². The van der Waals surface area contributed by atoms with Crippen LogP contribution in [0, 0.1) is 13.8 Å². The highest BCUT2D eigenvalue weighted by molar-refractivity contribution is 6.01. The van der Waals surface area contributed by atoms with Gasteiger partial charge in [0.05, 0.1) is 18.7 Å². The lowest BCUT2D eigenvalue weighted by Crippen LogP contribution is -2.70. The van der Waals surface area contributed by atoms with Gasteiger partial charge in [-0.3, -0.25) is 14.4 Å². The van der Waals surface area contributed by atoms with E-state index in [0.29, 0.717) is 38.4 Å². The molecule has 1 aromatic heterocycles. The topological polar surface area (TPSA) is 84.3 Å². The molecule has 2 aliphatic rings. The Bertz CT molecular complexity index is 836. The van der Waals surface area contributed by atoms with Crippen molar-refractivity contribution in [2.24, 2.45) is 0 Å². The van der Waals surface area contributed by atoms with E-state index in [4.69, 9.17) is 9.47 Å². The number of rotatable bonds is 8. The lowest BCUT2D eigenvalue weighted by Gasteiger charge is -2.48. The van der Waals surface area contributed by atoms with Gasteiger partial charge in [-0.15, -0.1) is 0 Å². The maximum absolute atomic E-state index is 13.5. The highest BCUT2D eigenvalue weighted by Crippen LogP contribution is 2.25. The summed E-state index contributed by atoms with van der Waals surface area (Å²) in [6.45, 7) is 9.17. The third-order valence-corrected chi connectivity index (χ3v) is 6.42. The highest BCUT2D eigenvalue weighted by Gasteiger charge is 2.47. The number of aryl methyl sites for hydroxylation is 1. The molecule has 2 fully saturated rings. The molecular formula is C22H34N4O5. The monoisotopic (exact) mass is 434 g/mol. The van der Waals surface area contributed by atoms with E-state index < -0.39 is 12.1 Å². The molecule has 0 aromatic carbocycles. The molecule has 172 valence electrons. The van der Waals surface area contributed by atoms with Crippen molar-refractivity contribution in [3.63, 3.8) is 0 Å². The lowest BCUT2D eigenvalue weighted by molar-refractivity contribution is -0.160. The van der Waals surface area contributed by atoms with Gasteiger partial charge in [0.2, 0.25) is 11.8 Å². The molecule has 1 aromatic rings. The van der Waals surface area contributed by atoms with Gasteiger partial charge >= 0.3 is 0 Å². The Balaban J connectivity index is 1.81. The number of aromatic nitrogens is 1. The van der Waals surface area contributed by atoms with Crippen molar-refractivity contribution in [1.29, 1.82) is 0 Å². The molecule has 3 heterocycles. The van der Waals surface area contributed by atoms with Crippen LogP contribution >= 0.6 is 0 Å². The fraction of sp³-hybridized carbons (Fsp3) is 0.682. The number of methoxy groups -OCH3 is 2. The Morgan fingerprint density at radius 3 is 2.45 bits per heavy atom. The maximum Gasteiger partial charge on any atom is 0.256 e. The standard InChI is InChI=1S/C22H34N4O5/c1-15-13-18(16(2)24(15)7-6-11-30-4)21(28)26-14-19-22(29)23(10-12-31-5)8-9-25(19)20(27)17(26)3/h13,17,19H,6-12,14H2,1-5H3/t17-,19-/m0/s1. The fourth-order valence-electron chi connectivity index (χ4n) is 4.56. The molecular weight excluding hydrogens is 400 g/mol. The first kappa shape index (κ1) is 23.3. The molecule has 0 spiro atoms. The molecule has 3 rings (SSSR count). The molecule has 0 saturated carbocycles. The normalized spacial score (nSPS) is 21.6. The molecule has 2 saturated heterocycles. The smallest absolute Gasteiger partial charge is 0.256 e. The fourth-order valence-corrected chi connectivity index (χ4v) is 4.56. The van der Waals surface area contributed by atoms with Gasteiger partial charge < -0.3 is 28.7 Å². The molecule has 2 aliphatic heterocycles. The lowest BCUT2D eigenvalue weighted by atomic mass is 10.0. The van der Waals surface area contributed by atoms with Gasteiger partial charge in [-0.25, -0.2) is 0 Å². The first-order valence-electron chi connectivity index (χ1n) is 10.9. The Labute approximate surface area is 183 Å². The van der Waals surface area contributed by atoms with E-state index in [1.54, 1.807) is 35.8 Å². The number of amides is 3. The van der Waals surface area contributed by atoms with Crippen LogP contribution in [0.15, 0.2) is 6.07 Å². The zero-order valence-electron chi connectivity index (χ0n) is 19.2. The van der Waals surface area contributed by atoms with Gasteiger partial charge in [0.25, 0.3) is 5.91 Å². The summed E-state index contributed by atoms with van der Waals surface area (Å²) >= 11 is 0.